The minimum Gasteiger partial charge on any atom is -0.457 e. The molecule has 5 aliphatic carbocycles. The van der Waals surface area contributed by atoms with Gasteiger partial charge in [-0.25, -0.2) is 0 Å². The lowest BCUT2D eigenvalue weighted by atomic mass is 9.41. The molecule has 8 aliphatic rings. The summed E-state index contributed by atoms with van der Waals surface area (Å²) in [5, 5.41) is 23.6. The molecule has 0 amide bonds. The van der Waals surface area contributed by atoms with Crippen LogP contribution in [0.1, 0.15) is 107 Å². The van der Waals surface area contributed by atoms with Gasteiger partial charge >= 0.3 is 5.97 Å². The molecule has 2 spiro atoms. The predicted octanol–water partition coefficient (Wildman–Crippen LogP) is 4.94. The van der Waals surface area contributed by atoms with E-state index in [4.69, 9.17) is 23.7 Å². The Hall–Kier alpha value is -0.810. The zero-order valence-electron chi connectivity index (χ0n) is 30.8. The molecule has 0 aromatic heterocycles. The fourth-order valence-electron chi connectivity index (χ4n) is 14.4. The SMILES string of the molecule is CC(=O)O[C@@H]([C@H]1C[C@@H](C)[C@H]2[C@H](O1)[C@H](O)[C@@]1(C)[C@@H]3CC[C@H]4C(C)(C)[C@@H](O[C@H]5CN6CCO[C@@H](CO5)C6)CC[C@@]45C[C@@]35CC[C@]21C)C(C)(C)O. The van der Waals surface area contributed by atoms with E-state index in [0.717, 1.165) is 45.5 Å². The average Bonchev–Trinajstić information content (AvgIpc) is 3.67. The molecule has 5 saturated carbocycles. The van der Waals surface area contributed by atoms with E-state index in [1.807, 2.05) is 0 Å². The molecule has 2 N–H and O–H groups in total. The number of morpholine rings is 1. The van der Waals surface area contributed by atoms with Crippen molar-refractivity contribution >= 4 is 5.97 Å². The van der Waals surface area contributed by atoms with Crippen LogP contribution in [0.3, 0.4) is 0 Å². The maximum absolute atomic E-state index is 12.6. The van der Waals surface area contributed by atoms with Gasteiger partial charge in [-0.2, -0.15) is 0 Å². The number of carbonyl (C=O) groups excluding carboxylic acids is 1. The Morgan fingerprint density at radius 3 is 2.46 bits per heavy atom. The first-order valence-corrected chi connectivity index (χ1v) is 19.3. The molecule has 16 atom stereocenters. The summed E-state index contributed by atoms with van der Waals surface area (Å²) in [4.78, 5) is 14.5. The molecule has 8 rings (SSSR count). The van der Waals surface area contributed by atoms with Gasteiger partial charge < -0.3 is 33.9 Å². The number of carbonyl (C=O) groups is 1. The van der Waals surface area contributed by atoms with Crippen molar-refractivity contribution in [1.82, 2.24) is 4.90 Å². The summed E-state index contributed by atoms with van der Waals surface area (Å²) in [6.07, 6.45) is 6.84. The monoisotopic (exact) mass is 673 g/mol. The van der Waals surface area contributed by atoms with E-state index >= 15 is 0 Å². The topological polar surface area (TPSA) is 107 Å². The summed E-state index contributed by atoms with van der Waals surface area (Å²) in [7, 11) is 0. The molecule has 48 heavy (non-hydrogen) atoms. The summed E-state index contributed by atoms with van der Waals surface area (Å²) in [5.41, 5.74) is -0.964. The summed E-state index contributed by atoms with van der Waals surface area (Å²) < 4.78 is 31.7. The van der Waals surface area contributed by atoms with E-state index in [2.05, 4.69) is 39.5 Å². The Kier molecular flexibility index (Phi) is 7.93. The van der Waals surface area contributed by atoms with Crippen LogP contribution in [0.2, 0.25) is 0 Å². The molecule has 0 aromatic rings. The Morgan fingerprint density at radius 2 is 1.73 bits per heavy atom. The molecule has 0 aromatic carbocycles. The number of aliphatic hydroxyl groups excluding tert-OH is 1. The van der Waals surface area contributed by atoms with Gasteiger partial charge in [-0.3, -0.25) is 9.69 Å². The van der Waals surface area contributed by atoms with E-state index in [1.165, 1.54) is 32.6 Å². The fourth-order valence-corrected chi connectivity index (χ4v) is 14.4. The average molecular weight is 674 g/mol. The van der Waals surface area contributed by atoms with Crippen molar-refractivity contribution in [2.75, 3.05) is 32.8 Å². The van der Waals surface area contributed by atoms with Crippen LogP contribution in [0.4, 0.5) is 0 Å². The lowest BCUT2D eigenvalue weighted by Gasteiger charge is -2.63. The minimum atomic E-state index is -1.25. The maximum atomic E-state index is 12.6. The second-order valence-electron chi connectivity index (χ2n) is 19.4. The predicted molar refractivity (Wildman–Crippen MR) is 179 cm³/mol. The molecule has 272 valence electrons. The van der Waals surface area contributed by atoms with Gasteiger partial charge in [0.1, 0.15) is 0 Å². The van der Waals surface area contributed by atoms with Gasteiger partial charge in [0, 0.05) is 32.0 Å². The molecular weight excluding hydrogens is 610 g/mol. The first-order valence-electron chi connectivity index (χ1n) is 19.3. The van der Waals surface area contributed by atoms with Gasteiger partial charge in [-0.1, -0.05) is 34.6 Å². The van der Waals surface area contributed by atoms with Crippen LogP contribution in [0.15, 0.2) is 0 Å². The van der Waals surface area contributed by atoms with Gasteiger partial charge in [0.25, 0.3) is 0 Å². The Labute approximate surface area is 288 Å². The summed E-state index contributed by atoms with van der Waals surface area (Å²) in [5.74, 6) is 1.11. The molecule has 9 heteroatoms. The van der Waals surface area contributed by atoms with E-state index in [1.54, 1.807) is 13.8 Å². The molecule has 9 nitrogen and oxygen atoms in total. The summed E-state index contributed by atoms with van der Waals surface area (Å²) in [6, 6.07) is 0. The summed E-state index contributed by atoms with van der Waals surface area (Å²) >= 11 is 0. The Balaban J connectivity index is 1.04. The maximum Gasteiger partial charge on any atom is 0.303 e. The third-order valence-corrected chi connectivity index (χ3v) is 16.5. The molecule has 3 aliphatic heterocycles. The van der Waals surface area contributed by atoms with Gasteiger partial charge in [-0.15, -0.1) is 0 Å². The lowest BCUT2D eigenvalue weighted by Crippen LogP contribution is -2.60. The normalized spacial score (nSPS) is 54.3. The smallest absolute Gasteiger partial charge is 0.303 e. The zero-order valence-corrected chi connectivity index (χ0v) is 30.8. The van der Waals surface area contributed by atoms with Gasteiger partial charge in [0.05, 0.1) is 49.3 Å². The van der Waals surface area contributed by atoms with Crippen molar-refractivity contribution < 1.29 is 38.7 Å². The third-order valence-electron chi connectivity index (χ3n) is 16.5. The van der Waals surface area contributed by atoms with Crippen LogP contribution in [0.5, 0.6) is 0 Å². The number of aliphatic hydroxyl groups is 2. The van der Waals surface area contributed by atoms with Crippen molar-refractivity contribution in [3.8, 4) is 0 Å². The van der Waals surface area contributed by atoms with E-state index in [-0.39, 0.29) is 58.1 Å². The van der Waals surface area contributed by atoms with E-state index < -0.39 is 29.9 Å². The third kappa shape index (κ3) is 4.62. The Bertz CT molecular complexity index is 1280. The summed E-state index contributed by atoms with van der Waals surface area (Å²) in [6.45, 7) is 21.0. The number of nitrogens with zero attached hydrogens (tertiary/aromatic N) is 1. The number of rotatable bonds is 5. The van der Waals surface area contributed by atoms with Crippen molar-refractivity contribution in [1.29, 1.82) is 0 Å². The van der Waals surface area contributed by atoms with Crippen LogP contribution in [-0.2, 0) is 28.5 Å². The largest absolute Gasteiger partial charge is 0.457 e. The van der Waals surface area contributed by atoms with Crippen molar-refractivity contribution in [3.05, 3.63) is 0 Å². The quantitative estimate of drug-likeness (QED) is 0.393. The van der Waals surface area contributed by atoms with E-state index in [9.17, 15) is 15.0 Å². The molecule has 8 fully saturated rings. The van der Waals surface area contributed by atoms with Crippen LogP contribution in [0.25, 0.3) is 0 Å². The second-order valence-corrected chi connectivity index (χ2v) is 19.4. The van der Waals surface area contributed by atoms with Crippen LogP contribution in [-0.4, -0.2) is 102 Å². The highest BCUT2D eigenvalue weighted by atomic mass is 16.7. The van der Waals surface area contributed by atoms with Gasteiger partial charge in [-0.05, 0) is 111 Å². The molecule has 3 saturated heterocycles. The zero-order chi connectivity index (χ0) is 34.2. The van der Waals surface area contributed by atoms with Crippen molar-refractivity contribution in [2.45, 2.75) is 155 Å². The fraction of sp³-hybridized carbons (Fsp3) is 0.974. The number of ether oxygens (including phenoxy) is 5. The molecule has 0 radical (unpaired) electrons. The molecule has 3 heterocycles. The first kappa shape index (κ1) is 34.3. The van der Waals surface area contributed by atoms with Gasteiger partial charge in [0.15, 0.2) is 12.4 Å². The van der Waals surface area contributed by atoms with Crippen molar-refractivity contribution in [2.24, 2.45) is 50.7 Å². The molecular formula is C39H63NO8. The van der Waals surface area contributed by atoms with Crippen LogP contribution in [0, 0.1) is 50.7 Å². The van der Waals surface area contributed by atoms with Crippen LogP contribution < -0.4 is 0 Å². The number of fused-ring (bicyclic) bond motifs is 6. The lowest BCUT2D eigenvalue weighted by molar-refractivity contribution is -0.234. The highest BCUT2D eigenvalue weighted by Gasteiger charge is 2.84. The number of hydrogen-bond donors (Lipinski definition) is 2. The minimum absolute atomic E-state index is 0.0426. The Morgan fingerprint density at radius 1 is 1.00 bits per heavy atom. The van der Waals surface area contributed by atoms with Crippen LogP contribution >= 0.6 is 0 Å². The number of hydrogen-bond acceptors (Lipinski definition) is 9. The molecule has 1 unspecified atom stereocenters. The number of esters is 1. The van der Waals surface area contributed by atoms with Crippen molar-refractivity contribution in [3.63, 3.8) is 0 Å². The van der Waals surface area contributed by atoms with Gasteiger partial charge in [0.2, 0.25) is 0 Å². The first-order chi connectivity index (χ1) is 22.5. The van der Waals surface area contributed by atoms with E-state index in [0.29, 0.717) is 30.3 Å². The second kappa shape index (κ2) is 11.1. The highest BCUT2D eigenvalue weighted by molar-refractivity contribution is 5.66. The molecule has 2 bridgehead atoms. The highest BCUT2D eigenvalue weighted by Crippen LogP contribution is 2.89. The standard InChI is InChI=1S/C39H63NO8/c1-22-17-25(33(35(5,6)43)46-23(2)41)47-31-30(22)36(7)13-14-39-21-38(39)12-11-28(48-29-19-40-15-16-44-24(18-40)20-45-29)34(3,4)26(38)9-10-27(39)37(36,8)32(31)42/h22,24-33,42-43H,9-21H2,1-8H3/t22-,24-,25-,26+,27+,28+,29+,30+,31+,32+,33+,36-,37-,38-,39+/m1/s1.